The van der Waals surface area contributed by atoms with Gasteiger partial charge in [0.05, 0.1) is 18.7 Å². The van der Waals surface area contributed by atoms with Crippen LogP contribution in [-0.2, 0) is 4.79 Å². The zero-order valence-electron chi connectivity index (χ0n) is 17.1. The molecule has 0 unspecified atom stereocenters. The van der Waals surface area contributed by atoms with E-state index in [-0.39, 0.29) is 6.42 Å². The van der Waals surface area contributed by atoms with Crippen LogP contribution in [0.4, 0.5) is 8.78 Å². The van der Waals surface area contributed by atoms with Crippen LogP contribution in [0.25, 0.3) is 5.00 Å². The summed E-state index contributed by atoms with van der Waals surface area (Å²) < 4.78 is 27.0. The number of aryl methyl sites for hydroxylation is 2. The van der Waals surface area contributed by atoms with Crippen molar-refractivity contribution < 1.29 is 13.6 Å². The number of fused-ring (bicyclic) bond motifs is 3. The van der Waals surface area contributed by atoms with Crippen molar-refractivity contribution in [2.45, 2.75) is 39.7 Å². The monoisotopic (exact) mass is 463 g/mol. The number of hydrogen-bond donors (Lipinski definition) is 1. The van der Waals surface area contributed by atoms with Gasteiger partial charge in [-0.1, -0.05) is 23.7 Å². The lowest BCUT2D eigenvalue weighted by molar-refractivity contribution is -0.122. The molecule has 162 valence electrons. The van der Waals surface area contributed by atoms with Gasteiger partial charge in [-0.25, -0.2) is 8.78 Å². The predicted molar refractivity (Wildman–Crippen MR) is 117 cm³/mol. The van der Waals surface area contributed by atoms with Crippen LogP contribution in [0.3, 0.4) is 0 Å². The van der Waals surface area contributed by atoms with E-state index in [1.165, 1.54) is 0 Å². The highest BCUT2D eigenvalue weighted by atomic mass is 35.5. The van der Waals surface area contributed by atoms with E-state index >= 15 is 0 Å². The number of nitrogens with zero attached hydrogens (tertiary/aromatic N) is 4. The van der Waals surface area contributed by atoms with Gasteiger partial charge in [0.15, 0.2) is 5.82 Å². The third-order valence-electron chi connectivity index (χ3n) is 5.19. The van der Waals surface area contributed by atoms with Gasteiger partial charge in [0.2, 0.25) is 5.91 Å². The Balaban J connectivity index is 1.87. The fraction of sp³-hybridized carbons (Fsp3) is 0.333. The van der Waals surface area contributed by atoms with E-state index < -0.39 is 24.9 Å². The van der Waals surface area contributed by atoms with Crippen molar-refractivity contribution in [2.24, 2.45) is 4.99 Å². The number of alkyl halides is 2. The number of benzene rings is 1. The van der Waals surface area contributed by atoms with Gasteiger partial charge >= 0.3 is 0 Å². The van der Waals surface area contributed by atoms with Gasteiger partial charge in [-0.2, -0.15) is 0 Å². The molecule has 0 saturated heterocycles. The van der Waals surface area contributed by atoms with Crippen molar-refractivity contribution in [3.63, 3.8) is 0 Å². The van der Waals surface area contributed by atoms with Crippen LogP contribution in [0.15, 0.2) is 29.3 Å². The van der Waals surface area contributed by atoms with Crippen LogP contribution in [0.1, 0.15) is 45.7 Å². The summed E-state index contributed by atoms with van der Waals surface area (Å²) in [6.07, 6.45) is -2.73. The smallest absolute Gasteiger partial charge is 0.255 e. The molecule has 0 spiro atoms. The normalized spacial score (nSPS) is 15.3. The summed E-state index contributed by atoms with van der Waals surface area (Å²) >= 11 is 7.68. The minimum Gasteiger partial charge on any atom is -0.350 e. The van der Waals surface area contributed by atoms with Crippen molar-refractivity contribution in [1.29, 1.82) is 0 Å². The minimum absolute atomic E-state index is 0.116. The molecule has 0 saturated carbocycles. The van der Waals surface area contributed by atoms with Crippen LogP contribution in [-0.4, -0.2) is 39.4 Å². The molecule has 3 heterocycles. The molecular formula is C21H20ClF2N5OS. The Labute approximate surface area is 187 Å². The first-order valence-electron chi connectivity index (χ1n) is 9.67. The molecule has 1 N–H and O–H groups in total. The van der Waals surface area contributed by atoms with Crippen LogP contribution < -0.4 is 5.32 Å². The fourth-order valence-corrected chi connectivity index (χ4v) is 4.91. The third kappa shape index (κ3) is 4.12. The molecule has 1 aliphatic heterocycles. The Morgan fingerprint density at radius 2 is 1.94 bits per heavy atom. The molecular weight excluding hydrogens is 444 g/mol. The molecule has 1 atom stereocenters. The van der Waals surface area contributed by atoms with Crippen molar-refractivity contribution in [1.82, 2.24) is 20.1 Å². The Morgan fingerprint density at radius 3 is 2.61 bits per heavy atom. The predicted octanol–water partition coefficient (Wildman–Crippen LogP) is 4.57. The number of thiophene rings is 1. The second-order valence-corrected chi connectivity index (χ2v) is 8.94. The number of hydrogen-bond acceptors (Lipinski definition) is 5. The second kappa shape index (κ2) is 8.47. The van der Waals surface area contributed by atoms with E-state index in [0.29, 0.717) is 22.4 Å². The van der Waals surface area contributed by atoms with Crippen molar-refractivity contribution in [3.8, 4) is 5.00 Å². The first-order chi connectivity index (χ1) is 14.8. The number of halogens is 3. The van der Waals surface area contributed by atoms with Gasteiger partial charge in [0.25, 0.3) is 6.43 Å². The van der Waals surface area contributed by atoms with Gasteiger partial charge in [0, 0.05) is 21.0 Å². The van der Waals surface area contributed by atoms with Crippen molar-refractivity contribution >= 4 is 34.6 Å². The molecule has 4 rings (SSSR count). The average molecular weight is 464 g/mol. The molecule has 0 radical (unpaired) electrons. The maximum atomic E-state index is 12.5. The van der Waals surface area contributed by atoms with E-state index in [9.17, 15) is 13.6 Å². The zero-order chi connectivity index (χ0) is 22.3. The summed E-state index contributed by atoms with van der Waals surface area (Å²) in [6.45, 7) is 5.22. The number of aromatic nitrogens is 3. The first kappa shape index (κ1) is 21.6. The highest BCUT2D eigenvalue weighted by Gasteiger charge is 2.32. The number of carbonyl (C=O) groups excluding carboxylic acids is 1. The molecule has 6 nitrogen and oxygen atoms in total. The van der Waals surface area contributed by atoms with E-state index in [2.05, 4.69) is 15.5 Å². The Bertz CT molecular complexity index is 1170. The molecule has 0 bridgehead atoms. The van der Waals surface area contributed by atoms with E-state index in [1.807, 2.05) is 37.5 Å². The number of amides is 1. The third-order valence-corrected chi connectivity index (χ3v) is 6.63. The maximum absolute atomic E-state index is 12.5. The number of nitrogens with one attached hydrogen (secondary N) is 1. The quantitative estimate of drug-likeness (QED) is 0.602. The topological polar surface area (TPSA) is 72.2 Å². The van der Waals surface area contributed by atoms with Gasteiger partial charge in [-0.15, -0.1) is 21.5 Å². The number of aliphatic imine (C=N–C) groups is 1. The summed E-state index contributed by atoms with van der Waals surface area (Å²) in [4.78, 5) is 18.4. The van der Waals surface area contributed by atoms with Gasteiger partial charge < -0.3 is 5.32 Å². The summed E-state index contributed by atoms with van der Waals surface area (Å²) in [7, 11) is 0. The lowest BCUT2D eigenvalue weighted by Gasteiger charge is -2.13. The molecule has 3 aromatic rings. The Kier molecular flexibility index (Phi) is 5.90. The summed E-state index contributed by atoms with van der Waals surface area (Å²) in [5.74, 6) is 0.661. The molecule has 31 heavy (non-hydrogen) atoms. The summed E-state index contributed by atoms with van der Waals surface area (Å²) in [5.41, 5.74) is 3.59. The largest absolute Gasteiger partial charge is 0.350 e. The Hall–Kier alpha value is -2.65. The lowest BCUT2D eigenvalue weighted by atomic mass is 9.99. The highest BCUT2D eigenvalue weighted by Crippen LogP contribution is 2.39. The average Bonchev–Trinajstić information content (AvgIpc) is 3.19. The molecule has 1 aromatic carbocycles. The molecule has 2 aromatic heterocycles. The standard InChI is InChI=1S/C21H20ClF2N5OS/c1-10-11(2)31-21-18(10)19(13-4-6-14(22)7-5-13)26-15(8-17(30)25-9-16(23)24)20-28-27-12(3)29(20)21/h4-7,15-16H,8-9H2,1-3H3,(H,25,30)/t15-/m1/s1. The Morgan fingerprint density at radius 1 is 1.23 bits per heavy atom. The molecule has 0 fully saturated rings. The van der Waals surface area contributed by atoms with E-state index in [0.717, 1.165) is 26.6 Å². The zero-order valence-corrected chi connectivity index (χ0v) is 18.7. The highest BCUT2D eigenvalue weighted by molar-refractivity contribution is 7.15. The molecule has 1 aliphatic rings. The maximum Gasteiger partial charge on any atom is 0.255 e. The number of rotatable bonds is 5. The van der Waals surface area contributed by atoms with Crippen LogP contribution in [0.5, 0.6) is 0 Å². The molecule has 0 aliphatic carbocycles. The molecule has 1 amide bonds. The first-order valence-corrected chi connectivity index (χ1v) is 10.9. The second-order valence-electron chi connectivity index (χ2n) is 7.30. The van der Waals surface area contributed by atoms with Gasteiger partial charge in [-0.05, 0) is 38.5 Å². The van der Waals surface area contributed by atoms with Crippen LogP contribution in [0, 0.1) is 20.8 Å². The molecule has 10 heteroatoms. The van der Waals surface area contributed by atoms with Crippen molar-refractivity contribution in [2.75, 3.05) is 6.54 Å². The summed E-state index contributed by atoms with van der Waals surface area (Å²) in [5, 5.41) is 12.3. The SMILES string of the molecule is Cc1sc2c(c1C)C(c1ccc(Cl)cc1)=N[C@H](CC(=O)NCC(F)F)c1nnc(C)n1-2. The minimum atomic E-state index is -2.62. The van der Waals surface area contributed by atoms with Gasteiger partial charge in [-0.3, -0.25) is 14.4 Å². The lowest BCUT2D eigenvalue weighted by Crippen LogP contribution is -2.29. The van der Waals surface area contributed by atoms with E-state index in [1.54, 1.807) is 23.5 Å². The van der Waals surface area contributed by atoms with Crippen LogP contribution in [0.2, 0.25) is 5.02 Å². The number of carbonyl (C=O) groups is 1. The fourth-order valence-electron chi connectivity index (χ4n) is 3.57. The van der Waals surface area contributed by atoms with Gasteiger partial charge in [0.1, 0.15) is 16.9 Å². The summed E-state index contributed by atoms with van der Waals surface area (Å²) in [6, 6.07) is 6.65. The van der Waals surface area contributed by atoms with Crippen LogP contribution >= 0.6 is 22.9 Å². The van der Waals surface area contributed by atoms with E-state index in [4.69, 9.17) is 16.6 Å². The van der Waals surface area contributed by atoms with Crippen molar-refractivity contribution in [3.05, 3.63) is 62.5 Å².